The van der Waals surface area contributed by atoms with Gasteiger partial charge in [0.25, 0.3) is 0 Å². The molecule has 0 aliphatic rings. The van der Waals surface area contributed by atoms with Crippen molar-refractivity contribution in [3.63, 3.8) is 0 Å². The smallest absolute Gasteiger partial charge is 0.150 e. The van der Waals surface area contributed by atoms with E-state index >= 15 is 0 Å². The Morgan fingerprint density at radius 3 is 2.76 bits per heavy atom. The van der Waals surface area contributed by atoms with Gasteiger partial charge in [0, 0.05) is 33.9 Å². The van der Waals surface area contributed by atoms with Gasteiger partial charge in [0.2, 0.25) is 0 Å². The number of rotatable bonds is 7. The van der Waals surface area contributed by atoms with Crippen LogP contribution in [0.4, 0.5) is 11.5 Å². The monoisotopic (exact) mass is 240 g/mol. The zero-order valence-electron chi connectivity index (χ0n) is 11.4. The van der Waals surface area contributed by atoms with Crippen molar-refractivity contribution < 1.29 is 4.74 Å². The molecule has 0 saturated carbocycles. The van der Waals surface area contributed by atoms with E-state index in [-0.39, 0.29) is 0 Å². The van der Waals surface area contributed by atoms with Crippen LogP contribution in [0, 0.1) is 6.92 Å². The van der Waals surface area contributed by atoms with Crippen molar-refractivity contribution in [3.05, 3.63) is 5.69 Å². The Morgan fingerprint density at radius 2 is 2.18 bits per heavy atom. The van der Waals surface area contributed by atoms with Crippen molar-refractivity contribution in [1.29, 1.82) is 0 Å². The van der Waals surface area contributed by atoms with Crippen LogP contribution >= 0.6 is 0 Å². The second-order valence-electron chi connectivity index (χ2n) is 4.31. The molecule has 1 aromatic heterocycles. The summed E-state index contributed by atoms with van der Waals surface area (Å²) < 4.78 is 7.06. The Kier molecular flexibility index (Phi) is 5.28. The number of nitrogens with zero attached hydrogens (tertiary/aromatic N) is 3. The van der Waals surface area contributed by atoms with Gasteiger partial charge in [-0.15, -0.1) is 0 Å². The Hall–Kier alpha value is -1.23. The third-order valence-corrected chi connectivity index (χ3v) is 2.78. The van der Waals surface area contributed by atoms with Crippen molar-refractivity contribution in [2.24, 2.45) is 0 Å². The summed E-state index contributed by atoms with van der Waals surface area (Å²) in [6, 6.07) is 0. The van der Waals surface area contributed by atoms with Crippen molar-refractivity contribution in [1.82, 2.24) is 9.78 Å². The number of hydrogen-bond acceptors (Lipinski definition) is 4. The predicted molar refractivity (Wildman–Crippen MR) is 71.4 cm³/mol. The first kappa shape index (κ1) is 13.8. The Bertz CT molecular complexity index is 349. The van der Waals surface area contributed by atoms with E-state index in [0.717, 1.165) is 49.7 Å². The summed E-state index contributed by atoms with van der Waals surface area (Å²) in [7, 11) is 3.77. The molecule has 0 radical (unpaired) electrons. The normalized spacial score (nSPS) is 10.8. The number of anilines is 2. The molecule has 1 rings (SSSR count). The minimum atomic E-state index is 0.769. The van der Waals surface area contributed by atoms with E-state index in [1.807, 2.05) is 11.6 Å². The lowest BCUT2D eigenvalue weighted by Gasteiger charge is -2.20. The number of nitrogens with two attached hydrogens (primary N) is 1. The van der Waals surface area contributed by atoms with Crippen LogP contribution in [0.1, 0.15) is 25.5 Å². The van der Waals surface area contributed by atoms with E-state index < -0.39 is 0 Å². The molecule has 0 bridgehead atoms. The standard InChI is InChI=1S/C12H24N4O/c1-5-7-16-12(11(13)10(2)14-16)15(3)8-6-9-17-4/h5-9,13H2,1-4H3. The van der Waals surface area contributed by atoms with E-state index in [0.29, 0.717) is 0 Å². The predicted octanol–water partition coefficient (Wildman–Crippen LogP) is 1.66. The second-order valence-corrected chi connectivity index (χ2v) is 4.31. The van der Waals surface area contributed by atoms with Crippen molar-refractivity contribution in [2.45, 2.75) is 33.2 Å². The van der Waals surface area contributed by atoms with Gasteiger partial charge < -0.3 is 15.4 Å². The van der Waals surface area contributed by atoms with Crippen molar-refractivity contribution in [2.75, 3.05) is 37.9 Å². The van der Waals surface area contributed by atoms with Gasteiger partial charge >= 0.3 is 0 Å². The van der Waals surface area contributed by atoms with Crippen molar-refractivity contribution in [3.8, 4) is 0 Å². The highest BCUT2D eigenvalue weighted by Crippen LogP contribution is 2.25. The molecular weight excluding hydrogens is 216 g/mol. The maximum absolute atomic E-state index is 6.08. The minimum Gasteiger partial charge on any atom is -0.394 e. The largest absolute Gasteiger partial charge is 0.394 e. The van der Waals surface area contributed by atoms with Gasteiger partial charge in [-0.1, -0.05) is 6.92 Å². The molecule has 0 unspecified atom stereocenters. The maximum atomic E-state index is 6.08. The highest BCUT2D eigenvalue weighted by atomic mass is 16.5. The number of aryl methyl sites for hydroxylation is 2. The molecule has 17 heavy (non-hydrogen) atoms. The lowest BCUT2D eigenvalue weighted by molar-refractivity contribution is 0.196. The number of ether oxygens (including phenoxy) is 1. The van der Waals surface area contributed by atoms with Gasteiger partial charge in [-0.2, -0.15) is 5.10 Å². The van der Waals surface area contributed by atoms with Crippen LogP contribution in [0.5, 0.6) is 0 Å². The fourth-order valence-electron chi connectivity index (χ4n) is 1.91. The fraction of sp³-hybridized carbons (Fsp3) is 0.750. The summed E-state index contributed by atoms with van der Waals surface area (Å²) in [6.45, 7) is 6.69. The summed E-state index contributed by atoms with van der Waals surface area (Å²) >= 11 is 0. The van der Waals surface area contributed by atoms with Crippen LogP contribution in [0.25, 0.3) is 0 Å². The topological polar surface area (TPSA) is 56.3 Å². The maximum Gasteiger partial charge on any atom is 0.150 e. The molecule has 0 aliphatic carbocycles. The van der Waals surface area contributed by atoms with Gasteiger partial charge in [0.15, 0.2) is 0 Å². The first-order chi connectivity index (χ1) is 8.11. The zero-order chi connectivity index (χ0) is 12.8. The van der Waals surface area contributed by atoms with Crippen LogP contribution in [0.3, 0.4) is 0 Å². The molecule has 0 amide bonds. The molecule has 0 aromatic carbocycles. The first-order valence-corrected chi connectivity index (χ1v) is 6.14. The molecule has 5 heteroatoms. The quantitative estimate of drug-likeness (QED) is 0.736. The van der Waals surface area contributed by atoms with Crippen LogP contribution in [-0.4, -0.2) is 37.1 Å². The number of hydrogen-bond donors (Lipinski definition) is 1. The van der Waals surface area contributed by atoms with E-state index in [2.05, 4.69) is 24.0 Å². The summed E-state index contributed by atoms with van der Waals surface area (Å²) in [5.74, 6) is 1.03. The molecule has 98 valence electrons. The molecule has 0 saturated heterocycles. The van der Waals surface area contributed by atoms with E-state index in [1.165, 1.54) is 0 Å². The molecular formula is C12H24N4O. The summed E-state index contributed by atoms with van der Waals surface area (Å²) in [6.07, 6.45) is 2.04. The first-order valence-electron chi connectivity index (χ1n) is 6.14. The summed E-state index contributed by atoms with van der Waals surface area (Å²) in [5.41, 5.74) is 7.78. The lowest BCUT2D eigenvalue weighted by Crippen LogP contribution is -2.24. The van der Waals surface area contributed by atoms with E-state index in [4.69, 9.17) is 10.5 Å². The van der Waals surface area contributed by atoms with E-state index in [1.54, 1.807) is 7.11 Å². The minimum absolute atomic E-state index is 0.769. The Labute approximate surface area is 104 Å². The van der Waals surface area contributed by atoms with Crippen molar-refractivity contribution >= 4 is 11.5 Å². The van der Waals surface area contributed by atoms with Gasteiger partial charge in [-0.05, 0) is 19.8 Å². The van der Waals surface area contributed by atoms with Crippen LogP contribution in [0.2, 0.25) is 0 Å². The van der Waals surface area contributed by atoms with Gasteiger partial charge in [0.1, 0.15) is 5.82 Å². The third-order valence-electron chi connectivity index (χ3n) is 2.78. The molecule has 5 nitrogen and oxygen atoms in total. The van der Waals surface area contributed by atoms with Crippen LogP contribution in [-0.2, 0) is 11.3 Å². The summed E-state index contributed by atoms with van der Waals surface area (Å²) in [4.78, 5) is 2.16. The van der Waals surface area contributed by atoms with Gasteiger partial charge in [-0.3, -0.25) is 0 Å². The fourth-order valence-corrected chi connectivity index (χ4v) is 1.91. The number of methoxy groups -OCH3 is 1. The van der Waals surface area contributed by atoms with Gasteiger partial charge in [-0.25, -0.2) is 4.68 Å². The van der Waals surface area contributed by atoms with Gasteiger partial charge in [0.05, 0.1) is 11.4 Å². The van der Waals surface area contributed by atoms with Crippen LogP contribution < -0.4 is 10.6 Å². The number of aromatic nitrogens is 2. The molecule has 0 atom stereocenters. The average Bonchev–Trinajstić information content (AvgIpc) is 2.55. The molecule has 1 heterocycles. The summed E-state index contributed by atoms with van der Waals surface area (Å²) in [5, 5.41) is 4.47. The van der Waals surface area contributed by atoms with Crippen LogP contribution in [0.15, 0.2) is 0 Å². The highest BCUT2D eigenvalue weighted by molar-refractivity contribution is 5.65. The second kappa shape index (κ2) is 6.49. The Balaban J connectivity index is 2.79. The Morgan fingerprint density at radius 1 is 1.47 bits per heavy atom. The van der Waals surface area contributed by atoms with E-state index in [9.17, 15) is 0 Å². The molecule has 0 aliphatic heterocycles. The zero-order valence-corrected chi connectivity index (χ0v) is 11.4. The highest BCUT2D eigenvalue weighted by Gasteiger charge is 2.15. The molecule has 1 aromatic rings. The molecule has 0 fully saturated rings. The SMILES string of the molecule is CCCn1nc(C)c(N)c1N(C)CCCOC. The average molecular weight is 240 g/mol. The number of nitrogen functional groups attached to an aromatic ring is 1. The molecule has 2 N–H and O–H groups in total. The third kappa shape index (κ3) is 3.36. The molecule has 0 spiro atoms. The lowest BCUT2D eigenvalue weighted by atomic mass is 10.3.